The number of furan rings is 1. The Labute approximate surface area is 116 Å². The summed E-state index contributed by atoms with van der Waals surface area (Å²) in [5, 5.41) is 8.71. The van der Waals surface area contributed by atoms with Crippen LogP contribution in [0.1, 0.15) is 18.4 Å². The maximum atomic E-state index is 11.5. The number of carbonyl (C=O) groups excluding carboxylic acids is 2. The van der Waals surface area contributed by atoms with Gasteiger partial charge in [0.15, 0.2) is 6.61 Å². The molecular weight excluding hydrogens is 260 g/mol. The van der Waals surface area contributed by atoms with Crippen LogP contribution in [0, 0.1) is 18.3 Å². The van der Waals surface area contributed by atoms with Crippen LogP contribution in [0.5, 0.6) is 0 Å². The Balaban J connectivity index is 2.53. The van der Waals surface area contributed by atoms with Crippen LogP contribution in [-0.2, 0) is 14.3 Å². The highest BCUT2D eigenvalue weighted by molar-refractivity contribution is 6.01. The molecule has 0 unspecified atom stereocenters. The lowest BCUT2D eigenvalue weighted by atomic mass is 10.1. The molecule has 6 heteroatoms. The summed E-state index contributed by atoms with van der Waals surface area (Å²) in [5.41, 5.74) is 5.25. The largest absolute Gasteiger partial charge is 0.462 e. The van der Waals surface area contributed by atoms with Gasteiger partial charge in [-0.15, -0.1) is 0 Å². The third-order valence-corrected chi connectivity index (χ3v) is 2.28. The molecule has 0 atom stereocenters. The number of nitrogens with zero attached hydrogens (tertiary/aromatic N) is 1. The molecule has 0 saturated carbocycles. The van der Waals surface area contributed by atoms with Crippen LogP contribution in [0.15, 0.2) is 33.9 Å². The minimum Gasteiger partial charge on any atom is -0.462 e. The minimum atomic E-state index is -0.709. The van der Waals surface area contributed by atoms with Crippen LogP contribution in [0.25, 0.3) is 6.08 Å². The number of rotatable bonds is 5. The molecule has 0 saturated heterocycles. The molecule has 2 N–H and O–H groups in total. The van der Waals surface area contributed by atoms with Gasteiger partial charge < -0.3 is 14.9 Å². The lowest BCUT2D eigenvalue weighted by molar-refractivity contribution is -0.141. The molecule has 1 heterocycles. The molecule has 0 radical (unpaired) electrons. The molecule has 0 aromatic carbocycles. The first-order chi connectivity index (χ1) is 9.43. The first-order valence-electron chi connectivity index (χ1n) is 5.75. The van der Waals surface area contributed by atoms with E-state index in [0.29, 0.717) is 5.76 Å². The SMILES string of the molecule is CC(N)=C(C#N)C(=O)COC(=O)C=Cc1ccc(C)o1. The van der Waals surface area contributed by atoms with Crippen molar-refractivity contribution in [2.75, 3.05) is 6.61 Å². The van der Waals surface area contributed by atoms with Crippen molar-refractivity contribution in [2.45, 2.75) is 13.8 Å². The van der Waals surface area contributed by atoms with Crippen LogP contribution < -0.4 is 5.73 Å². The molecule has 0 aliphatic carbocycles. The zero-order valence-electron chi connectivity index (χ0n) is 11.2. The van der Waals surface area contributed by atoms with Crippen LogP contribution in [0.3, 0.4) is 0 Å². The number of hydrogen-bond acceptors (Lipinski definition) is 6. The van der Waals surface area contributed by atoms with Crippen LogP contribution >= 0.6 is 0 Å². The van der Waals surface area contributed by atoms with Crippen molar-refractivity contribution in [3.63, 3.8) is 0 Å². The van der Waals surface area contributed by atoms with E-state index in [-0.39, 0.29) is 11.3 Å². The fourth-order valence-corrected chi connectivity index (χ4v) is 1.32. The normalized spacial score (nSPS) is 11.8. The highest BCUT2D eigenvalue weighted by atomic mass is 16.5. The summed E-state index contributed by atoms with van der Waals surface area (Å²) < 4.78 is 9.93. The maximum Gasteiger partial charge on any atom is 0.331 e. The average Bonchev–Trinajstić information content (AvgIpc) is 2.80. The van der Waals surface area contributed by atoms with Gasteiger partial charge in [-0.3, -0.25) is 4.79 Å². The van der Waals surface area contributed by atoms with E-state index in [9.17, 15) is 9.59 Å². The van der Waals surface area contributed by atoms with E-state index in [2.05, 4.69) is 0 Å². The summed E-state index contributed by atoms with van der Waals surface area (Å²) in [6.07, 6.45) is 2.56. The molecule has 1 rings (SSSR count). The Hall–Kier alpha value is -2.81. The number of Topliss-reactive ketones (excluding diaryl/α,β-unsaturated/α-hetero) is 1. The van der Waals surface area contributed by atoms with Crippen molar-refractivity contribution in [2.24, 2.45) is 5.73 Å². The Morgan fingerprint density at radius 2 is 2.20 bits per heavy atom. The van der Waals surface area contributed by atoms with Gasteiger partial charge in [0.25, 0.3) is 0 Å². The molecular formula is C14H14N2O4. The second-order valence-electron chi connectivity index (χ2n) is 3.98. The van der Waals surface area contributed by atoms with E-state index in [1.807, 2.05) is 0 Å². The molecule has 1 aromatic heterocycles. The van der Waals surface area contributed by atoms with E-state index in [1.165, 1.54) is 13.0 Å². The number of nitriles is 1. The Kier molecular flexibility index (Phi) is 5.30. The Bertz CT molecular complexity index is 613. The van der Waals surface area contributed by atoms with E-state index < -0.39 is 18.4 Å². The van der Waals surface area contributed by atoms with Crippen LogP contribution in [0.2, 0.25) is 0 Å². The smallest absolute Gasteiger partial charge is 0.331 e. The number of allylic oxidation sites excluding steroid dienone is 1. The predicted molar refractivity (Wildman–Crippen MR) is 70.9 cm³/mol. The first-order valence-corrected chi connectivity index (χ1v) is 5.75. The molecule has 0 amide bonds. The number of ketones is 1. The standard InChI is InChI=1S/C14H14N2O4/c1-9-3-4-11(20-9)5-6-14(18)19-8-13(17)12(7-15)10(2)16/h3-6H,8,16H2,1-2H3. The number of aryl methyl sites for hydroxylation is 1. The highest BCUT2D eigenvalue weighted by Gasteiger charge is 2.13. The number of carbonyl (C=O) groups is 2. The van der Waals surface area contributed by atoms with E-state index in [4.69, 9.17) is 20.1 Å². The monoisotopic (exact) mass is 274 g/mol. The van der Waals surface area contributed by atoms with Gasteiger partial charge >= 0.3 is 5.97 Å². The van der Waals surface area contributed by atoms with Gasteiger partial charge in [0.05, 0.1) is 0 Å². The van der Waals surface area contributed by atoms with Crippen molar-refractivity contribution in [3.8, 4) is 6.07 Å². The summed E-state index contributed by atoms with van der Waals surface area (Å²) in [4.78, 5) is 22.9. The second-order valence-corrected chi connectivity index (χ2v) is 3.98. The number of ether oxygens (including phenoxy) is 1. The lowest BCUT2D eigenvalue weighted by Crippen LogP contribution is -2.16. The fraction of sp³-hybridized carbons (Fsp3) is 0.214. The maximum absolute atomic E-state index is 11.5. The summed E-state index contributed by atoms with van der Waals surface area (Å²) in [7, 11) is 0. The zero-order valence-corrected chi connectivity index (χ0v) is 11.2. The molecule has 6 nitrogen and oxygen atoms in total. The topological polar surface area (TPSA) is 106 Å². The highest BCUT2D eigenvalue weighted by Crippen LogP contribution is 2.08. The fourth-order valence-electron chi connectivity index (χ4n) is 1.32. The molecule has 0 spiro atoms. The van der Waals surface area contributed by atoms with Crippen molar-refractivity contribution >= 4 is 17.8 Å². The number of nitrogens with two attached hydrogens (primary N) is 1. The van der Waals surface area contributed by atoms with Gasteiger partial charge in [-0.05, 0) is 32.1 Å². The third kappa shape index (κ3) is 4.46. The second kappa shape index (κ2) is 6.95. The van der Waals surface area contributed by atoms with Gasteiger partial charge in [-0.25, -0.2) is 4.79 Å². The van der Waals surface area contributed by atoms with E-state index in [0.717, 1.165) is 11.8 Å². The molecule has 0 aliphatic rings. The minimum absolute atomic E-state index is 0.0927. The summed E-state index contributed by atoms with van der Waals surface area (Å²) in [5.74, 6) is -0.126. The van der Waals surface area contributed by atoms with Crippen molar-refractivity contribution in [1.29, 1.82) is 5.26 Å². The van der Waals surface area contributed by atoms with E-state index in [1.54, 1.807) is 25.1 Å². The van der Waals surface area contributed by atoms with Gasteiger partial charge in [-0.1, -0.05) is 0 Å². The number of esters is 1. The number of hydrogen-bond donors (Lipinski definition) is 1. The van der Waals surface area contributed by atoms with Crippen molar-refractivity contribution < 1.29 is 18.7 Å². The van der Waals surface area contributed by atoms with E-state index >= 15 is 0 Å². The van der Waals surface area contributed by atoms with Crippen molar-refractivity contribution in [1.82, 2.24) is 0 Å². The summed E-state index contributed by atoms with van der Waals surface area (Å²) in [6, 6.07) is 5.11. The van der Waals surface area contributed by atoms with Gasteiger partial charge in [-0.2, -0.15) is 5.26 Å². The Morgan fingerprint density at radius 3 is 2.70 bits per heavy atom. The molecule has 1 aromatic rings. The Morgan fingerprint density at radius 1 is 1.50 bits per heavy atom. The lowest BCUT2D eigenvalue weighted by Gasteiger charge is -2.01. The summed E-state index contributed by atoms with van der Waals surface area (Å²) >= 11 is 0. The first kappa shape index (κ1) is 15.2. The average molecular weight is 274 g/mol. The third-order valence-electron chi connectivity index (χ3n) is 2.28. The van der Waals surface area contributed by atoms with Gasteiger partial charge in [0, 0.05) is 11.8 Å². The molecule has 104 valence electrons. The van der Waals surface area contributed by atoms with Gasteiger partial charge in [0.2, 0.25) is 5.78 Å². The van der Waals surface area contributed by atoms with Gasteiger partial charge in [0.1, 0.15) is 23.2 Å². The van der Waals surface area contributed by atoms with Crippen molar-refractivity contribution in [3.05, 3.63) is 41.0 Å². The molecule has 0 aliphatic heterocycles. The quantitative estimate of drug-likeness (QED) is 0.495. The molecule has 0 fully saturated rings. The summed E-state index contributed by atoms with van der Waals surface area (Å²) in [6.45, 7) is 2.68. The predicted octanol–water partition coefficient (Wildman–Crippen LogP) is 1.47. The molecule has 20 heavy (non-hydrogen) atoms. The molecule has 0 bridgehead atoms. The van der Waals surface area contributed by atoms with Crippen LogP contribution in [-0.4, -0.2) is 18.4 Å². The van der Waals surface area contributed by atoms with Crippen LogP contribution in [0.4, 0.5) is 0 Å². The zero-order chi connectivity index (χ0) is 15.1.